The quantitative estimate of drug-likeness (QED) is 0.843. The summed E-state index contributed by atoms with van der Waals surface area (Å²) in [6.45, 7) is 0. The van der Waals surface area contributed by atoms with Gasteiger partial charge in [-0.25, -0.2) is 0 Å². The average molecular weight is 282 g/mol. The predicted octanol–water partition coefficient (Wildman–Crippen LogP) is 4.32. The lowest BCUT2D eigenvalue weighted by Crippen LogP contribution is -2.06. The van der Waals surface area contributed by atoms with Gasteiger partial charge in [-0.1, -0.05) is 17.8 Å². The SMILES string of the molecule is FC(F)(F)c1ccc2c(c1)NC(c1ccccn1)S2. The Kier molecular flexibility index (Phi) is 2.89. The minimum absolute atomic E-state index is 0.139. The Morgan fingerprint density at radius 3 is 2.68 bits per heavy atom. The second-order valence-electron chi connectivity index (χ2n) is 4.11. The second kappa shape index (κ2) is 4.45. The molecule has 0 amide bonds. The molecular formula is C13H9F3N2S. The fourth-order valence-electron chi connectivity index (χ4n) is 1.88. The normalized spacial score (nSPS) is 17.9. The first kappa shape index (κ1) is 12.3. The topological polar surface area (TPSA) is 24.9 Å². The molecule has 0 saturated heterocycles. The zero-order chi connectivity index (χ0) is 13.5. The minimum atomic E-state index is -4.32. The Bertz CT molecular complexity index is 599. The van der Waals surface area contributed by atoms with Gasteiger partial charge in [0.25, 0.3) is 0 Å². The average Bonchev–Trinajstić information content (AvgIpc) is 2.81. The zero-order valence-electron chi connectivity index (χ0n) is 9.61. The number of nitrogens with one attached hydrogen (secondary N) is 1. The van der Waals surface area contributed by atoms with Gasteiger partial charge < -0.3 is 5.32 Å². The van der Waals surface area contributed by atoms with Crippen LogP contribution >= 0.6 is 11.8 Å². The van der Waals surface area contributed by atoms with E-state index in [1.54, 1.807) is 12.3 Å². The fourth-order valence-corrected chi connectivity index (χ4v) is 2.98. The number of halogens is 3. The van der Waals surface area contributed by atoms with E-state index in [1.807, 2.05) is 12.1 Å². The summed E-state index contributed by atoms with van der Waals surface area (Å²) in [5.74, 6) is 0. The van der Waals surface area contributed by atoms with Crippen molar-refractivity contribution >= 4 is 17.4 Å². The first-order valence-electron chi connectivity index (χ1n) is 5.59. The lowest BCUT2D eigenvalue weighted by molar-refractivity contribution is -0.137. The number of anilines is 1. The van der Waals surface area contributed by atoms with Crippen LogP contribution in [0.25, 0.3) is 0 Å². The van der Waals surface area contributed by atoms with Crippen LogP contribution < -0.4 is 5.32 Å². The van der Waals surface area contributed by atoms with Crippen LogP contribution in [-0.2, 0) is 6.18 Å². The van der Waals surface area contributed by atoms with E-state index >= 15 is 0 Å². The molecule has 2 heterocycles. The molecule has 3 rings (SSSR count). The van der Waals surface area contributed by atoms with Gasteiger partial charge in [0.2, 0.25) is 0 Å². The van der Waals surface area contributed by atoms with Crippen LogP contribution in [0.1, 0.15) is 16.6 Å². The molecule has 0 bridgehead atoms. The molecule has 19 heavy (non-hydrogen) atoms. The van der Waals surface area contributed by atoms with Gasteiger partial charge in [0.05, 0.1) is 11.3 Å². The van der Waals surface area contributed by atoms with E-state index in [2.05, 4.69) is 10.3 Å². The van der Waals surface area contributed by atoms with Crippen LogP contribution in [0.3, 0.4) is 0 Å². The summed E-state index contributed by atoms with van der Waals surface area (Å²) < 4.78 is 37.9. The number of hydrogen-bond donors (Lipinski definition) is 1. The van der Waals surface area contributed by atoms with Crippen molar-refractivity contribution in [3.8, 4) is 0 Å². The van der Waals surface area contributed by atoms with E-state index < -0.39 is 11.7 Å². The number of nitrogens with zero attached hydrogens (tertiary/aromatic N) is 1. The Balaban J connectivity index is 1.89. The van der Waals surface area contributed by atoms with E-state index in [-0.39, 0.29) is 5.37 Å². The van der Waals surface area contributed by atoms with Gasteiger partial charge in [0.1, 0.15) is 5.37 Å². The molecule has 2 nitrogen and oxygen atoms in total. The van der Waals surface area contributed by atoms with E-state index in [1.165, 1.54) is 17.8 Å². The number of pyridine rings is 1. The molecule has 0 fully saturated rings. The monoisotopic (exact) mass is 282 g/mol. The molecule has 1 aromatic heterocycles. The Labute approximate surface area is 112 Å². The van der Waals surface area contributed by atoms with Gasteiger partial charge >= 0.3 is 6.18 Å². The van der Waals surface area contributed by atoms with Crippen molar-refractivity contribution in [2.75, 3.05) is 5.32 Å². The minimum Gasteiger partial charge on any atom is -0.367 e. The maximum absolute atomic E-state index is 12.6. The van der Waals surface area contributed by atoms with Crippen molar-refractivity contribution in [1.82, 2.24) is 4.98 Å². The van der Waals surface area contributed by atoms with Crippen LogP contribution in [0, 0.1) is 0 Å². The predicted molar refractivity (Wildman–Crippen MR) is 67.9 cm³/mol. The lowest BCUT2D eigenvalue weighted by Gasteiger charge is -2.09. The first-order chi connectivity index (χ1) is 9.04. The summed E-state index contributed by atoms with van der Waals surface area (Å²) in [5.41, 5.74) is 0.675. The number of benzene rings is 1. The highest BCUT2D eigenvalue weighted by Gasteiger charge is 2.33. The number of hydrogen-bond acceptors (Lipinski definition) is 3. The van der Waals surface area contributed by atoms with Crippen molar-refractivity contribution in [2.45, 2.75) is 16.4 Å². The van der Waals surface area contributed by atoms with Gasteiger partial charge in [0, 0.05) is 16.8 Å². The van der Waals surface area contributed by atoms with Gasteiger partial charge in [-0.2, -0.15) is 13.2 Å². The summed E-state index contributed by atoms with van der Waals surface area (Å²) in [4.78, 5) is 5.02. The molecule has 1 aromatic carbocycles. The number of thioether (sulfide) groups is 1. The molecule has 1 aliphatic heterocycles. The zero-order valence-corrected chi connectivity index (χ0v) is 10.4. The van der Waals surface area contributed by atoms with Gasteiger partial charge in [-0.05, 0) is 30.3 Å². The molecule has 0 aliphatic carbocycles. The van der Waals surface area contributed by atoms with Crippen molar-refractivity contribution < 1.29 is 13.2 Å². The van der Waals surface area contributed by atoms with Crippen LogP contribution in [0.15, 0.2) is 47.5 Å². The molecule has 0 saturated carbocycles. The molecule has 1 unspecified atom stereocenters. The highest BCUT2D eigenvalue weighted by Crippen LogP contribution is 2.47. The van der Waals surface area contributed by atoms with Crippen LogP contribution in [0.2, 0.25) is 0 Å². The lowest BCUT2D eigenvalue weighted by atomic mass is 10.2. The smallest absolute Gasteiger partial charge is 0.367 e. The third-order valence-corrected chi connectivity index (χ3v) is 4.00. The number of rotatable bonds is 1. The Morgan fingerprint density at radius 2 is 2.00 bits per heavy atom. The van der Waals surface area contributed by atoms with Gasteiger partial charge in [0.15, 0.2) is 0 Å². The highest BCUT2D eigenvalue weighted by atomic mass is 32.2. The largest absolute Gasteiger partial charge is 0.416 e. The third-order valence-electron chi connectivity index (χ3n) is 2.79. The standard InChI is InChI=1S/C13H9F3N2S/c14-13(15,16)8-4-5-11-10(7-8)18-12(19-11)9-3-1-2-6-17-9/h1-7,12,18H. The molecule has 6 heteroatoms. The summed E-state index contributed by atoms with van der Waals surface area (Å²) in [6, 6.07) is 9.26. The number of fused-ring (bicyclic) bond motifs is 1. The molecule has 1 N–H and O–H groups in total. The van der Waals surface area contributed by atoms with Gasteiger partial charge in [-0.3, -0.25) is 4.98 Å². The molecule has 98 valence electrons. The molecule has 0 radical (unpaired) electrons. The summed E-state index contributed by atoms with van der Waals surface area (Å²) in [5, 5.41) is 2.92. The molecule has 1 atom stereocenters. The molecule has 2 aromatic rings. The van der Waals surface area contributed by atoms with Gasteiger partial charge in [-0.15, -0.1) is 0 Å². The summed E-state index contributed by atoms with van der Waals surface area (Å²) >= 11 is 1.47. The summed E-state index contributed by atoms with van der Waals surface area (Å²) in [7, 11) is 0. The van der Waals surface area contributed by atoms with E-state index in [0.717, 1.165) is 22.7 Å². The Hall–Kier alpha value is -1.69. The fraction of sp³-hybridized carbons (Fsp3) is 0.154. The van der Waals surface area contributed by atoms with Crippen LogP contribution in [0.5, 0.6) is 0 Å². The number of aromatic nitrogens is 1. The summed E-state index contributed by atoms with van der Waals surface area (Å²) in [6.07, 6.45) is -2.65. The van der Waals surface area contributed by atoms with Crippen molar-refractivity contribution in [1.29, 1.82) is 0 Å². The molecular weight excluding hydrogens is 273 g/mol. The first-order valence-corrected chi connectivity index (χ1v) is 6.47. The van der Waals surface area contributed by atoms with E-state index in [9.17, 15) is 13.2 Å². The maximum atomic E-state index is 12.6. The number of alkyl halides is 3. The highest BCUT2D eigenvalue weighted by molar-refractivity contribution is 8.00. The van der Waals surface area contributed by atoms with Crippen molar-refractivity contribution in [3.63, 3.8) is 0 Å². The van der Waals surface area contributed by atoms with Crippen molar-refractivity contribution in [2.24, 2.45) is 0 Å². The Morgan fingerprint density at radius 1 is 1.16 bits per heavy atom. The third kappa shape index (κ3) is 2.40. The molecule has 0 spiro atoms. The van der Waals surface area contributed by atoms with Crippen molar-refractivity contribution in [3.05, 3.63) is 53.9 Å². The van der Waals surface area contributed by atoms with E-state index in [0.29, 0.717) is 5.69 Å². The van der Waals surface area contributed by atoms with Crippen LogP contribution in [0.4, 0.5) is 18.9 Å². The second-order valence-corrected chi connectivity index (χ2v) is 5.25. The van der Waals surface area contributed by atoms with E-state index in [4.69, 9.17) is 0 Å². The maximum Gasteiger partial charge on any atom is 0.416 e. The van der Waals surface area contributed by atoms with Crippen LogP contribution in [-0.4, -0.2) is 4.98 Å². The molecule has 1 aliphatic rings.